The summed E-state index contributed by atoms with van der Waals surface area (Å²) in [6, 6.07) is 14.9. The van der Waals surface area contributed by atoms with Gasteiger partial charge < -0.3 is 10.1 Å². The zero-order chi connectivity index (χ0) is 19.2. The van der Waals surface area contributed by atoms with Gasteiger partial charge in [0, 0.05) is 31.0 Å². The molecular weight excluding hydrogens is 340 g/mol. The van der Waals surface area contributed by atoms with Crippen molar-refractivity contribution in [3.8, 4) is 11.6 Å². The highest BCUT2D eigenvalue weighted by atomic mass is 16.5. The standard InChI is InChI=1S/C21H24N4O2/c1-15(14-25-17(3)11-16(2)24-25)12-23-21(26)18-9-10-20(22-13-18)27-19-7-5-4-6-8-19/h4-11,13,15H,12,14H2,1-3H3,(H,23,26). The molecule has 0 spiro atoms. The minimum absolute atomic E-state index is 0.144. The average Bonchev–Trinajstić information content (AvgIpc) is 2.98. The molecule has 2 aromatic heterocycles. The molecule has 1 amide bonds. The molecule has 1 unspecified atom stereocenters. The SMILES string of the molecule is Cc1cc(C)n(CC(C)CNC(=O)c2ccc(Oc3ccccc3)nc2)n1. The number of carbonyl (C=O) groups is 1. The first-order valence-electron chi connectivity index (χ1n) is 8.99. The molecule has 140 valence electrons. The van der Waals surface area contributed by atoms with E-state index in [1.165, 1.54) is 6.20 Å². The van der Waals surface area contributed by atoms with Crippen LogP contribution in [0.2, 0.25) is 0 Å². The second-order valence-corrected chi connectivity index (χ2v) is 6.72. The number of rotatable bonds is 7. The van der Waals surface area contributed by atoms with Crippen LogP contribution in [0, 0.1) is 19.8 Å². The number of benzene rings is 1. The Morgan fingerprint density at radius 2 is 1.96 bits per heavy atom. The smallest absolute Gasteiger partial charge is 0.252 e. The third-order valence-corrected chi connectivity index (χ3v) is 4.16. The summed E-state index contributed by atoms with van der Waals surface area (Å²) in [6.45, 7) is 7.44. The number of carbonyl (C=O) groups excluding carboxylic acids is 1. The molecule has 0 radical (unpaired) electrons. The van der Waals surface area contributed by atoms with E-state index in [4.69, 9.17) is 4.74 Å². The number of nitrogens with zero attached hydrogens (tertiary/aromatic N) is 3. The van der Waals surface area contributed by atoms with Crippen molar-refractivity contribution in [3.05, 3.63) is 71.7 Å². The maximum Gasteiger partial charge on any atom is 0.252 e. The summed E-state index contributed by atoms with van der Waals surface area (Å²) in [5, 5.41) is 7.41. The van der Waals surface area contributed by atoms with Gasteiger partial charge in [0.2, 0.25) is 5.88 Å². The zero-order valence-electron chi connectivity index (χ0n) is 15.8. The zero-order valence-corrected chi connectivity index (χ0v) is 15.8. The topological polar surface area (TPSA) is 69.0 Å². The summed E-state index contributed by atoms with van der Waals surface area (Å²) in [4.78, 5) is 16.5. The van der Waals surface area contributed by atoms with Crippen molar-refractivity contribution in [2.75, 3.05) is 6.54 Å². The normalized spacial score (nSPS) is 11.8. The molecule has 1 aromatic carbocycles. The van der Waals surface area contributed by atoms with Crippen LogP contribution < -0.4 is 10.1 Å². The summed E-state index contributed by atoms with van der Waals surface area (Å²) >= 11 is 0. The van der Waals surface area contributed by atoms with Gasteiger partial charge in [0.25, 0.3) is 5.91 Å². The van der Waals surface area contributed by atoms with Gasteiger partial charge in [0.1, 0.15) is 5.75 Å². The number of pyridine rings is 1. The summed E-state index contributed by atoms with van der Waals surface area (Å²) < 4.78 is 7.61. The summed E-state index contributed by atoms with van der Waals surface area (Å²) in [5.41, 5.74) is 2.64. The van der Waals surface area contributed by atoms with Gasteiger partial charge >= 0.3 is 0 Å². The van der Waals surface area contributed by atoms with E-state index in [9.17, 15) is 4.79 Å². The van der Waals surface area contributed by atoms with Crippen molar-refractivity contribution in [1.29, 1.82) is 0 Å². The summed E-state index contributed by atoms with van der Waals surface area (Å²) in [5.74, 6) is 1.28. The van der Waals surface area contributed by atoms with Crippen LogP contribution in [0.4, 0.5) is 0 Å². The molecule has 6 heteroatoms. The maximum atomic E-state index is 12.3. The molecule has 3 rings (SSSR count). The van der Waals surface area contributed by atoms with E-state index in [-0.39, 0.29) is 11.8 Å². The van der Waals surface area contributed by atoms with Crippen LogP contribution in [0.15, 0.2) is 54.7 Å². The highest BCUT2D eigenvalue weighted by Gasteiger charge is 2.11. The van der Waals surface area contributed by atoms with Gasteiger partial charge in [-0.1, -0.05) is 25.1 Å². The van der Waals surface area contributed by atoms with Crippen molar-refractivity contribution in [1.82, 2.24) is 20.1 Å². The Kier molecular flexibility index (Phi) is 5.86. The number of amides is 1. The van der Waals surface area contributed by atoms with Gasteiger partial charge in [-0.15, -0.1) is 0 Å². The van der Waals surface area contributed by atoms with Gasteiger partial charge in [-0.3, -0.25) is 9.48 Å². The number of hydrogen-bond donors (Lipinski definition) is 1. The van der Waals surface area contributed by atoms with Gasteiger partial charge in [0.05, 0.1) is 11.3 Å². The van der Waals surface area contributed by atoms with E-state index >= 15 is 0 Å². The third-order valence-electron chi connectivity index (χ3n) is 4.16. The molecule has 0 saturated heterocycles. The fraction of sp³-hybridized carbons (Fsp3) is 0.286. The van der Waals surface area contributed by atoms with Crippen molar-refractivity contribution in [2.24, 2.45) is 5.92 Å². The lowest BCUT2D eigenvalue weighted by Gasteiger charge is -2.14. The number of para-hydroxylation sites is 1. The Balaban J connectivity index is 1.51. The first-order chi connectivity index (χ1) is 13.0. The quantitative estimate of drug-likeness (QED) is 0.693. The molecule has 6 nitrogen and oxygen atoms in total. The molecule has 1 N–H and O–H groups in total. The molecule has 0 saturated carbocycles. The van der Waals surface area contributed by atoms with Gasteiger partial charge in [-0.2, -0.15) is 5.10 Å². The molecule has 0 aliphatic carbocycles. The van der Waals surface area contributed by atoms with Crippen molar-refractivity contribution in [2.45, 2.75) is 27.3 Å². The first kappa shape index (κ1) is 18.6. The highest BCUT2D eigenvalue weighted by molar-refractivity contribution is 5.93. The molecule has 2 heterocycles. The molecular formula is C21H24N4O2. The molecule has 0 fully saturated rings. The fourth-order valence-electron chi connectivity index (χ4n) is 2.77. The molecule has 27 heavy (non-hydrogen) atoms. The van der Waals surface area contributed by atoms with Crippen LogP contribution in [0.1, 0.15) is 28.7 Å². The van der Waals surface area contributed by atoms with Crippen molar-refractivity contribution >= 4 is 5.91 Å². The lowest BCUT2D eigenvalue weighted by molar-refractivity contribution is 0.0946. The Morgan fingerprint density at radius 3 is 2.59 bits per heavy atom. The minimum atomic E-state index is -0.144. The van der Waals surface area contributed by atoms with Crippen LogP contribution in [-0.2, 0) is 6.54 Å². The van der Waals surface area contributed by atoms with E-state index in [0.717, 1.165) is 17.9 Å². The molecule has 1 atom stereocenters. The van der Waals surface area contributed by atoms with E-state index in [1.807, 2.05) is 48.9 Å². The lowest BCUT2D eigenvalue weighted by atomic mass is 10.1. The minimum Gasteiger partial charge on any atom is -0.439 e. The van der Waals surface area contributed by atoms with E-state index < -0.39 is 0 Å². The van der Waals surface area contributed by atoms with Crippen molar-refractivity contribution in [3.63, 3.8) is 0 Å². The third kappa shape index (κ3) is 5.17. The van der Waals surface area contributed by atoms with Gasteiger partial charge in [-0.05, 0) is 44.0 Å². The Hall–Kier alpha value is -3.15. The number of ether oxygens (including phenoxy) is 1. The molecule has 0 aliphatic heterocycles. The van der Waals surface area contributed by atoms with Crippen LogP contribution in [-0.4, -0.2) is 27.2 Å². The van der Waals surface area contributed by atoms with Gasteiger partial charge in [0.15, 0.2) is 0 Å². The maximum absolute atomic E-state index is 12.3. The molecule has 0 bridgehead atoms. The fourth-order valence-corrected chi connectivity index (χ4v) is 2.77. The number of hydrogen-bond acceptors (Lipinski definition) is 4. The van der Waals surface area contributed by atoms with Crippen LogP contribution in [0.3, 0.4) is 0 Å². The monoisotopic (exact) mass is 364 g/mol. The summed E-state index contributed by atoms with van der Waals surface area (Å²) in [6.07, 6.45) is 1.53. The van der Waals surface area contributed by atoms with E-state index in [2.05, 4.69) is 28.4 Å². The highest BCUT2D eigenvalue weighted by Crippen LogP contribution is 2.18. The van der Waals surface area contributed by atoms with Crippen LogP contribution in [0.5, 0.6) is 11.6 Å². The molecule has 0 aliphatic rings. The van der Waals surface area contributed by atoms with E-state index in [1.54, 1.807) is 12.1 Å². The number of aryl methyl sites for hydroxylation is 2. The average molecular weight is 364 g/mol. The second-order valence-electron chi connectivity index (χ2n) is 6.72. The summed E-state index contributed by atoms with van der Waals surface area (Å²) in [7, 11) is 0. The predicted octanol–water partition coefficient (Wildman–Crippen LogP) is 3.75. The Labute approximate surface area is 159 Å². The van der Waals surface area contributed by atoms with Gasteiger partial charge in [-0.25, -0.2) is 4.98 Å². The first-order valence-corrected chi connectivity index (χ1v) is 8.99. The number of aromatic nitrogens is 3. The number of nitrogens with one attached hydrogen (secondary N) is 1. The largest absolute Gasteiger partial charge is 0.439 e. The van der Waals surface area contributed by atoms with E-state index in [0.29, 0.717) is 23.7 Å². The molecule has 3 aromatic rings. The predicted molar refractivity (Wildman–Crippen MR) is 104 cm³/mol. The van der Waals surface area contributed by atoms with Crippen LogP contribution in [0.25, 0.3) is 0 Å². The van der Waals surface area contributed by atoms with Crippen LogP contribution >= 0.6 is 0 Å². The lowest BCUT2D eigenvalue weighted by Crippen LogP contribution is -2.30. The Bertz CT molecular complexity index is 888. The Morgan fingerprint density at radius 1 is 1.19 bits per heavy atom. The second kappa shape index (κ2) is 8.49. The van der Waals surface area contributed by atoms with Crippen molar-refractivity contribution < 1.29 is 9.53 Å².